The molecule has 2 N–H and O–H groups in total. The molecule has 1 saturated carbocycles. The van der Waals surface area contributed by atoms with Crippen molar-refractivity contribution >= 4 is 45.7 Å². The van der Waals surface area contributed by atoms with Crippen LogP contribution in [0.2, 0.25) is 10.0 Å². The highest BCUT2D eigenvalue weighted by Gasteiger charge is 2.38. The van der Waals surface area contributed by atoms with E-state index >= 15 is 0 Å². The van der Waals surface area contributed by atoms with Gasteiger partial charge in [-0.05, 0) is 67.2 Å². The molecule has 1 aromatic heterocycles. The van der Waals surface area contributed by atoms with Gasteiger partial charge in [0, 0.05) is 23.1 Å². The van der Waals surface area contributed by atoms with Gasteiger partial charge in [0.15, 0.2) is 0 Å². The van der Waals surface area contributed by atoms with E-state index in [4.69, 9.17) is 28.9 Å². The number of fused-ring (bicyclic) bond motifs is 1. The second-order valence-electron chi connectivity index (χ2n) is 9.53. The van der Waals surface area contributed by atoms with E-state index in [9.17, 15) is 4.79 Å². The molecule has 2 aliphatic rings. The van der Waals surface area contributed by atoms with Crippen molar-refractivity contribution in [1.29, 1.82) is 0 Å². The molecular formula is C26H29Cl2N5O. The zero-order valence-electron chi connectivity index (χ0n) is 19.3. The zero-order chi connectivity index (χ0) is 23.9. The molecule has 178 valence electrons. The van der Waals surface area contributed by atoms with E-state index in [1.165, 1.54) is 12.0 Å². The summed E-state index contributed by atoms with van der Waals surface area (Å²) in [4.78, 5) is 15.0. The molecule has 34 heavy (non-hydrogen) atoms. The Morgan fingerprint density at radius 2 is 1.91 bits per heavy atom. The van der Waals surface area contributed by atoms with Crippen molar-refractivity contribution in [2.24, 2.45) is 5.73 Å². The molecule has 1 aliphatic heterocycles. The maximum absolute atomic E-state index is 13.1. The molecule has 0 bridgehead atoms. The first-order valence-corrected chi connectivity index (χ1v) is 12.7. The molecule has 0 radical (unpaired) electrons. The third-order valence-corrected chi connectivity index (χ3v) is 7.85. The van der Waals surface area contributed by atoms with Crippen LogP contribution >= 0.6 is 23.2 Å². The van der Waals surface area contributed by atoms with Gasteiger partial charge < -0.3 is 10.6 Å². The maximum Gasteiger partial charge on any atom is 0.242 e. The second-order valence-corrected chi connectivity index (χ2v) is 10.4. The number of benzene rings is 2. The smallest absolute Gasteiger partial charge is 0.242 e. The highest BCUT2D eigenvalue weighted by Crippen LogP contribution is 2.33. The Kier molecular flexibility index (Phi) is 6.40. The van der Waals surface area contributed by atoms with Gasteiger partial charge in [0.25, 0.3) is 0 Å². The van der Waals surface area contributed by atoms with Gasteiger partial charge in [-0.25, -0.2) is 4.68 Å². The lowest BCUT2D eigenvalue weighted by molar-refractivity contribution is -0.137. The molecule has 0 spiro atoms. The third kappa shape index (κ3) is 4.35. The minimum Gasteiger partial charge on any atom is -0.337 e. The number of nitrogens with two attached hydrogens (primary N) is 1. The predicted molar refractivity (Wildman–Crippen MR) is 137 cm³/mol. The van der Waals surface area contributed by atoms with Crippen molar-refractivity contribution in [2.75, 3.05) is 13.1 Å². The van der Waals surface area contributed by atoms with Crippen LogP contribution in [0.3, 0.4) is 0 Å². The van der Waals surface area contributed by atoms with E-state index in [2.05, 4.69) is 28.5 Å². The Morgan fingerprint density at radius 1 is 1.12 bits per heavy atom. The number of amides is 1. The van der Waals surface area contributed by atoms with Gasteiger partial charge in [-0.1, -0.05) is 65.9 Å². The number of rotatable bonds is 4. The molecule has 1 aliphatic carbocycles. The number of hydrogen-bond donors (Lipinski definition) is 1. The lowest BCUT2D eigenvalue weighted by atomic mass is 9.81. The molecule has 6 nitrogen and oxygen atoms in total. The van der Waals surface area contributed by atoms with Gasteiger partial charge in [0.05, 0.1) is 17.1 Å². The van der Waals surface area contributed by atoms with Crippen molar-refractivity contribution in [3.63, 3.8) is 0 Å². The predicted octanol–water partition coefficient (Wildman–Crippen LogP) is 5.62. The van der Waals surface area contributed by atoms with Crippen LogP contribution in [0, 0.1) is 0 Å². The normalized spacial score (nSPS) is 19.2. The molecule has 1 unspecified atom stereocenters. The molecule has 1 fully saturated rings. The maximum atomic E-state index is 13.1. The molecule has 8 heteroatoms. The van der Waals surface area contributed by atoms with E-state index in [0.29, 0.717) is 23.1 Å². The van der Waals surface area contributed by atoms with E-state index < -0.39 is 5.54 Å². The number of carbonyl (C=O) groups excluding carboxylic acids is 1. The first-order chi connectivity index (χ1) is 16.4. The number of hydrogen-bond acceptors (Lipinski definition) is 4. The largest absolute Gasteiger partial charge is 0.337 e. The quantitative estimate of drug-likeness (QED) is 0.506. The highest BCUT2D eigenvalue weighted by atomic mass is 35.5. The van der Waals surface area contributed by atoms with E-state index in [1.807, 2.05) is 34.7 Å². The Balaban J connectivity index is 1.38. The Hall–Kier alpha value is -2.41. The minimum absolute atomic E-state index is 0.102. The summed E-state index contributed by atoms with van der Waals surface area (Å²) in [7, 11) is 0. The standard InChI is InChI=1S/C26H29Cl2N5O/c1-17(21-7-6-20(27)16-22(21)28)33-24-15-19(5-8-23(24)30-31-33)18-9-13-32(14-10-18)25(34)26(29)11-3-2-4-12-26/h5-9,15-17H,2-4,10-14,29H2,1H3. The van der Waals surface area contributed by atoms with Crippen molar-refractivity contribution in [3.8, 4) is 0 Å². The SMILES string of the molecule is CC(c1ccc(Cl)cc1Cl)n1nnc2ccc(C3=CCN(C(=O)C4(N)CCCCC4)CC3)cc21. The van der Waals surface area contributed by atoms with Gasteiger partial charge in [0.1, 0.15) is 5.52 Å². The van der Waals surface area contributed by atoms with Crippen molar-refractivity contribution < 1.29 is 4.79 Å². The minimum atomic E-state index is -0.681. The number of carbonyl (C=O) groups is 1. The fraction of sp³-hybridized carbons (Fsp3) is 0.423. The summed E-state index contributed by atoms with van der Waals surface area (Å²) in [6, 6.07) is 11.6. The van der Waals surface area contributed by atoms with Crippen molar-refractivity contribution in [2.45, 2.75) is 57.0 Å². The van der Waals surface area contributed by atoms with Crippen LogP contribution in [0.1, 0.15) is 62.6 Å². The van der Waals surface area contributed by atoms with Crippen LogP contribution in [-0.4, -0.2) is 44.4 Å². The van der Waals surface area contributed by atoms with Crippen molar-refractivity contribution in [1.82, 2.24) is 19.9 Å². The summed E-state index contributed by atoms with van der Waals surface area (Å²) < 4.78 is 1.90. The first kappa shape index (κ1) is 23.3. The first-order valence-electron chi connectivity index (χ1n) is 11.9. The Morgan fingerprint density at radius 3 is 2.62 bits per heavy atom. The van der Waals surface area contributed by atoms with Crippen LogP contribution < -0.4 is 5.73 Å². The van der Waals surface area contributed by atoms with Crippen LogP contribution in [0.4, 0.5) is 0 Å². The van der Waals surface area contributed by atoms with Gasteiger partial charge >= 0.3 is 0 Å². The molecule has 1 amide bonds. The molecule has 2 aromatic carbocycles. The summed E-state index contributed by atoms with van der Waals surface area (Å²) in [5.74, 6) is 0.105. The summed E-state index contributed by atoms with van der Waals surface area (Å²) in [5.41, 5.74) is 10.9. The average molecular weight is 498 g/mol. The van der Waals surface area contributed by atoms with Crippen LogP contribution in [0.15, 0.2) is 42.5 Å². The fourth-order valence-corrected chi connectivity index (χ4v) is 5.79. The van der Waals surface area contributed by atoms with Gasteiger partial charge in [-0.15, -0.1) is 5.10 Å². The van der Waals surface area contributed by atoms with Gasteiger partial charge in [0.2, 0.25) is 5.91 Å². The van der Waals surface area contributed by atoms with E-state index in [0.717, 1.165) is 54.3 Å². The second kappa shape index (κ2) is 9.33. The Bertz CT molecular complexity index is 1260. The van der Waals surface area contributed by atoms with Crippen LogP contribution in [0.5, 0.6) is 0 Å². The topological polar surface area (TPSA) is 77.0 Å². The fourth-order valence-electron chi connectivity index (χ4n) is 5.22. The average Bonchev–Trinajstić information content (AvgIpc) is 3.27. The molecule has 2 heterocycles. The van der Waals surface area contributed by atoms with Gasteiger partial charge in [-0.3, -0.25) is 4.79 Å². The number of aromatic nitrogens is 3. The molecule has 5 rings (SSSR count). The third-order valence-electron chi connectivity index (χ3n) is 7.29. The van der Waals surface area contributed by atoms with E-state index in [-0.39, 0.29) is 11.9 Å². The summed E-state index contributed by atoms with van der Waals surface area (Å²) in [6.45, 7) is 3.34. The number of halogens is 2. The lowest BCUT2D eigenvalue weighted by Gasteiger charge is -2.38. The summed E-state index contributed by atoms with van der Waals surface area (Å²) in [5, 5.41) is 9.97. The van der Waals surface area contributed by atoms with Crippen LogP contribution in [0.25, 0.3) is 16.6 Å². The summed E-state index contributed by atoms with van der Waals surface area (Å²) in [6.07, 6.45) is 7.80. The van der Waals surface area contributed by atoms with Crippen LogP contribution in [-0.2, 0) is 4.79 Å². The summed E-state index contributed by atoms with van der Waals surface area (Å²) >= 11 is 12.5. The van der Waals surface area contributed by atoms with Gasteiger partial charge in [-0.2, -0.15) is 0 Å². The zero-order valence-corrected chi connectivity index (χ0v) is 20.8. The lowest BCUT2D eigenvalue weighted by Crippen LogP contribution is -2.56. The van der Waals surface area contributed by atoms with E-state index in [1.54, 1.807) is 6.07 Å². The monoisotopic (exact) mass is 497 g/mol. The highest BCUT2D eigenvalue weighted by molar-refractivity contribution is 6.35. The molecule has 1 atom stereocenters. The molecule has 0 saturated heterocycles. The number of nitrogens with zero attached hydrogens (tertiary/aromatic N) is 4. The van der Waals surface area contributed by atoms with Crippen molar-refractivity contribution in [3.05, 3.63) is 63.6 Å². The Labute approximate surface area is 209 Å². The molecular weight excluding hydrogens is 469 g/mol. The molecule has 3 aromatic rings.